The van der Waals surface area contributed by atoms with Crippen molar-refractivity contribution in [2.45, 2.75) is 51.6 Å². The van der Waals surface area contributed by atoms with Crippen molar-refractivity contribution < 1.29 is 4.74 Å². The van der Waals surface area contributed by atoms with Crippen molar-refractivity contribution in [1.82, 2.24) is 15.5 Å². The fourth-order valence-corrected chi connectivity index (χ4v) is 2.94. The van der Waals surface area contributed by atoms with Gasteiger partial charge in [-0.2, -0.15) is 0 Å². The second kappa shape index (κ2) is 10.6. The van der Waals surface area contributed by atoms with Crippen molar-refractivity contribution in [1.29, 1.82) is 0 Å². The van der Waals surface area contributed by atoms with Crippen molar-refractivity contribution in [3.8, 4) is 0 Å². The van der Waals surface area contributed by atoms with E-state index in [1.165, 1.54) is 25.7 Å². The summed E-state index contributed by atoms with van der Waals surface area (Å²) in [6.45, 7) is 9.92. The molecule has 1 saturated heterocycles. The minimum atomic E-state index is 0. The SMILES string of the molecule is CCNC(=NCC(C)N1CCOCC1)NC1CCCC1.I. The Morgan fingerprint density at radius 1 is 1.29 bits per heavy atom. The molecule has 1 aliphatic heterocycles. The van der Waals surface area contributed by atoms with Gasteiger partial charge in [-0.15, -0.1) is 24.0 Å². The molecule has 21 heavy (non-hydrogen) atoms. The van der Waals surface area contributed by atoms with Gasteiger partial charge in [0.25, 0.3) is 0 Å². The highest BCUT2D eigenvalue weighted by Gasteiger charge is 2.18. The maximum absolute atomic E-state index is 5.40. The number of hydrogen-bond acceptors (Lipinski definition) is 3. The molecule has 2 rings (SSSR count). The molecule has 0 aromatic carbocycles. The van der Waals surface area contributed by atoms with Gasteiger partial charge < -0.3 is 15.4 Å². The summed E-state index contributed by atoms with van der Waals surface area (Å²) in [7, 11) is 0. The average Bonchev–Trinajstić information content (AvgIpc) is 2.98. The zero-order valence-corrected chi connectivity index (χ0v) is 15.8. The molecule has 0 amide bonds. The third kappa shape index (κ3) is 6.69. The molecule has 0 bridgehead atoms. The molecule has 2 aliphatic rings. The molecular weight excluding hydrogens is 379 g/mol. The summed E-state index contributed by atoms with van der Waals surface area (Å²) in [5, 5.41) is 6.93. The third-order valence-corrected chi connectivity index (χ3v) is 4.22. The van der Waals surface area contributed by atoms with Crippen LogP contribution in [0.15, 0.2) is 4.99 Å². The molecular formula is C15H31IN4O. The zero-order chi connectivity index (χ0) is 14.2. The Labute approximate surface area is 146 Å². The number of ether oxygens (including phenoxy) is 1. The lowest BCUT2D eigenvalue weighted by atomic mass is 10.2. The molecule has 0 spiro atoms. The number of morpholine rings is 1. The van der Waals surface area contributed by atoms with Crippen LogP contribution in [0.4, 0.5) is 0 Å². The molecule has 2 fully saturated rings. The Balaban J connectivity index is 0.00000220. The van der Waals surface area contributed by atoms with E-state index in [0.29, 0.717) is 12.1 Å². The van der Waals surface area contributed by atoms with E-state index in [1.807, 2.05) is 0 Å². The second-order valence-electron chi connectivity index (χ2n) is 5.84. The van der Waals surface area contributed by atoms with Gasteiger partial charge in [0.15, 0.2) is 5.96 Å². The summed E-state index contributed by atoms with van der Waals surface area (Å²) in [4.78, 5) is 7.23. The zero-order valence-electron chi connectivity index (χ0n) is 13.4. The summed E-state index contributed by atoms with van der Waals surface area (Å²) >= 11 is 0. The van der Waals surface area contributed by atoms with Crippen molar-refractivity contribution in [3.63, 3.8) is 0 Å². The fourth-order valence-electron chi connectivity index (χ4n) is 2.94. The Morgan fingerprint density at radius 3 is 2.57 bits per heavy atom. The van der Waals surface area contributed by atoms with Gasteiger partial charge in [0.2, 0.25) is 0 Å². The number of guanidine groups is 1. The number of hydrogen-bond donors (Lipinski definition) is 2. The monoisotopic (exact) mass is 410 g/mol. The Bertz CT molecular complexity index is 302. The second-order valence-corrected chi connectivity index (χ2v) is 5.84. The molecule has 1 aliphatic carbocycles. The summed E-state index contributed by atoms with van der Waals surface area (Å²) in [5.74, 6) is 0.986. The van der Waals surface area contributed by atoms with E-state index in [2.05, 4.69) is 29.4 Å². The number of nitrogens with one attached hydrogen (secondary N) is 2. The first-order valence-electron chi connectivity index (χ1n) is 8.16. The van der Waals surface area contributed by atoms with Gasteiger partial charge >= 0.3 is 0 Å². The molecule has 5 nitrogen and oxygen atoms in total. The van der Waals surface area contributed by atoms with E-state index in [4.69, 9.17) is 9.73 Å². The molecule has 1 heterocycles. The molecule has 0 radical (unpaired) electrons. The number of halogens is 1. The van der Waals surface area contributed by atoms with Crippen LogP contribution in [0.25, 0.3) is 0 Å². The standard InChI is InChI=1S/C15H30N4O.HI/c1-3-16-15(18-14-6-4-5-7-14)17-12-13(2)19-8-10-20-11-9-19;/h13-14H,3-12H2,1-2H3,(H2,16,17,18);1H. The van der Waals surface area contributed by atoms with Crippen LogP contribution in [0.1, 0.15) is 39.5 Å². The normalized spacial score (nSPS) is 22.7. The van der Waals surface area contributed by atoms with E-state index in [1.54, 1.807) is 0 Å². The van der Waals surface area contributed by atoms with Gasteiger partial charge in [-0.05, 0) is 26.7 Å². The highest BCUT2D eigenvalue weighted by Crippen LogP contribution is 2.17. The topological polar surface area (TPSA) is 48.9 Å². The first kappa shape index (κ1) is 19.0. The fraction of sp³-hybridized carbons (Fsp3) is 0.933. The summed E-state index contributed by atoms with van der Waals surface area (Å²) < 4.78 is 5.40. The van der Waals surface area contributed by atoms with E-state index in [-0.39, 0.29) is 24.0 Å². The van der Waals surface area contributed by atoms with Gasteiger partial charge in [-0.1, -0.05) is 12.8 Å². The first-order chi connectivity index (χ1) is 9.79. The summed E-state index contributed by atoms with van der Waals surface area (Å²) in [5.41, 5.74) is 0. The van der Waals surface area contributed by atoms with Crippen LogP contribution in [0.2, 0.25) is 0 Å². The lowest BCUT2D eigenvalue weighted by Gasteiger charge is -2.31. The maximum Gasteiger partial charge on any atom is 0.191 e. The quantitative estimate of drug-likeness (QED) is 0.413. The molecule has 0 aromatic heterocycles. The molecule has 0 aromatic rings. The average molecular weight is 410 g/mol. The number of aliphatic imine (C=N–C) groups is 1. The Hall–Kier alpha value is -0.0800. The van der Waals surface area contributed by atoms with Crippen LogP contribution in [-0.4, -0.2) is 62.3 Å². The minimum Gasteiger partial charge on any atom is -0.379 e. The van der Waals surface area contributed by atoms with Gasteiger partial charge in [-0.3, -0.25) is 9.89 Å². The van der Waals surface area contributed by atoms with E-state index >= 15 is 0 Å². The largest absolute Gasteiger partial charge is 0.379 e. The highest BCUT2D eigenvalue weighted by molar-refractivity contribution is 14.0. The predicted molar refractivity (Wildman–Crippen MR) is 98.6 cm³/mol. The molecule has 124 valence electrons. The Morgan fingerprint density at radius 2 is 1.95 bits per heavy atom. The van der Waals surface area contributed by atoms with Crippen molar-refractivity contribution in [2.24, 2.45) is 4.99 Å². The molecule has 2 N–H and O–H groups in total. The van der Waals surface area contributed by atoms with Crippen molar-refractivity contribution >= 4 is 29.9 Å². The van der Waals surface area contributed by atoms with Crippen molar-refractivity contribution in [2.75, 3.05) is 39.4 Å². The van der Waals surface area contributed by atoms with Gasteiger partial charge in [0, 0.05) is 31.7 Å². The highest BCUT2D eigenvalue weighted by atomic mass is 127. The lowest BCUT2D eigenvalue weighted by molar-refractivity contribution is 0.0220. The van der Waals surface area contributed by atoms with Crippen molar-refractivity contribution in [3.05, 3.63) is 0 Å². The molecule has 1 atom stereocenters. The summed E-state index contributed by atoms with van der Waals surface area (Å²) in [6, 6.07) is 1.10. The van der Waals surface area contributed by atoms with Crippen LogP contribution in [0.5, 0.6) is 0 Å². The molecule has 1 unspecified atom stereocenters. The van der Waals surface area contributed by atoms with Gasteiger partial charge in [0.1, 0.15) is 0 Å². The van der Waals surface area contributed by atoms with Crippen LogP contribution < -0.4 is 10.6 Å². The lowest BCUT2D eigenvalue weighted by Crippen LogP contribution is -2.45. The maximum atomic E-state index is 5.40. The van der Waals surface area contributed by atoms with Gasteiger partial charge in [0.05, 0.1) is 19.8 Å². The van der Waals surface area contributed by atoms with Crippen LogP contribution >= 0.6 is 24.0 Å². The summed E-state index contributed by atoms with van der Waals surface area (Å²) in [6.07, 6.45) is 5.26. The number of rotatable bonds is 5. The van der Waals surface area contributed by atoms with Crippen LogP contribution in [-0.2, 0) is 4.74 Å². The molecule has 6 heteroatoms. The molecule has 1 saturated carbocycles. The predicted octanol–water partition coefficient (Wildman–Crippen LogP) is 1.82. The Kier molecular flexibility index (Phi) is 9.59. The van der Waals surface area contributed by atoms with Crippen LogP contribution in [0.3, 0.4) is 0 Å². The van der Waals surface area contributed by atoms with E-state index in [0.717, 1.165) is 45.4 Å². The van der Waals surface area contributed by atoms with E-state index < -0.39 is 0 Å². The van der Waals surface area contributed by atoms with Crippen LogP contribution in [0, 0.1) is 0 Å². The number of nitrogens with zero attached hydrogens (tertiary/aromatic N) is 2. The third-order valence-electron chi connectivity index (χ3n) is 4.22. The first-order valence-corrected chi connectivity index (χ1v) is 8.16. The van der Waals surface area contributed by atoms with Gasteiger partial charge in [-0.25, -0.2) is 0 Å². The minimum absolute atomic E-state index is 0. The smallest absolute Gasteiger partial charge is 0.191 e. The van der Waals surface area contributed by atoms with E-state index in [9.17, 15) is 0 Å².